The van der Waals surface area contributed by atoms with Gasteiger partial charge in [0.05, 0.1) is 18.9 Å². The first kappa shape index (κ1) is 15.7. The molecule has 102 valence electrons. The SMILES string of the molecule is CCCCO[P+](CCC)(CCC)c1ccccc1. The van der Waals surface area contributed by atoms with Gasteiger partial charge in [-0.05, 0) is 31.4 Å². The zero-order chi connectivity index (χ0) is 13.3. The summed E-state index contributed by atoms with van der Waals surface area (Å²) in [5, 5.41) is 1.46. The minimum atomic E-state index is -1.38. The predicted octanol–water partition coefficient (Wildman–Crippen LogP) is 4.88. The molecule has 0 aliphatic heterocycles. The first-order valence-corrected chi connectivity index (χ1v) is 9.44. The Morgan fingerprint density at radius 2 is 1.50 bits per heavy atom. The third-order valence-corrected chi connectivity index (χ3v) is 7.49. The van der Waals surface area contributed by atoms with Crippen molar-refractivity contribution in [1.29, 1.82) is 0 Å². The standard InChI is InChI=1S/C16H28OP/c1-4-7-13-17-18(14-5-2,15-6-3)16-11-9-8-10-12-16/h8-12H,4-7,13-15H2,1-3H3/q+1. The topological polar surface area (TPSA) is 9.23 Å². The molecule has 0 aromatic heterocycles. The molecule has 2 heteroatoms. The minimum Gasteiger partial charge on any atom is -0.233 e. The molecule has 0 aliphatic rings. The van der Waals surface area contributed by atoms with Crippen molar-refractivity contribution in [2.24, 2.45) is 0 Å². The van der Waals surface area contributed by atoms with Gasteiger partial charge in [0, 0.05) is 0 Å². The summed E-state index contributed by atoms with van der Waals surface area (Å²) in [4.78, 5) is 0. The summed E-state index contributed by atoms with van der Waals surface area (Å²) < 4.78 is 6.45. The van der Waals surface area contributed by atoms with Gasteiger partial charge in [-0.25, -0.2) is 4.52 Å². The minimum absolute atomic E-state index is 0.930. The van der Waals surface area contributed by atoms with Gasteiger partial charge >= 0.3 is 0 Å². The highest BCUT2D eigenvalue weighted by Gasteiger charge is 2.40. The van der Waals surface area contributed by atoms with Crippen molar-refractivity contribution in [3.8, 4) is 0 Å². The van der Waals surface area contributed by atoms with Crippen LogP contribution in [0.2, 0.25) is 0 Å². The first-order valence-electron chi connectivity index (χ1n) is 7.36. The number of rotatable bonds is 9. The van der Waals surface area contributed by atoms with E-state index in [1.165, 1.54) is 43.3 Å². The van der Waals surface area contributed by atoms with Crippen molar-refractivity contribution in [2.45, 2.75) is 46.5 Å². The number of hydrogen-bond acceptors (Lipinski definition) is 1. The van der Waals surface area contributed by atoms with Crippen molar-refractivity contribution >= 4 is 12.8 Å². The molecule has 18 heavy (non-hydrogen) atoms. The number of benzene rings is 1. The Bertz CT molecular complexity index is 304. The van der Waals surface area contributed by atoms with Gasteiger partial charge < -0.3 is 0 Å². The van der Waals surface area contributed by atoms with E-state index in [2.05, 4.69) is 51.1 Å². The van der Waals surface area contributed by atoms with Crippen LogP contribution in [0.1, 0.15) is 46.5 Å². The average Bonchev–Trinajstić information content (AvgIpc) is 2.40. The van der Waals surface area contributed by atoms with Gasteiger partial charge in [-0.3, -0.25) is 0 Å². The van der Waals surface area contributed by atoms with Crippen molar-refractivity contribution in [3.05, 3.63) is 30.3 Å². The second-order valence-electron chi connectivity index (χ2n) is 4.86. The fourth-order valence-electron chi connectivity index (χ4n) is 2.38. The van der Waals surface area contributed by atoms with Crippen LogP contribution in [0.5, 0.6) is 0 Å². The fourth-order valence-corrected chi connectivity index (χ4v) is 6.17. The van der Waals surface area contributed by atoms with E-state index in [9.17, 15) is 0 Å². The Kier molecular flexibility index (Phi) is 7.54. The molecule has 0 atom stereocenters. The Labute approximate surface area is 113 Å². The molecule has 1 aromatic carbocycles. The lowest BCUT2D eigenvalue weighted by Gasteiger charge is -2.25. The predicted molar refractivity (Wildman–Crippen MR) is 84.2 cm³/mol. The van der Waals surface area contributed by atoms with Crippen molar-refractivity contribution in [3.63, 3.8) is 0 Å². The molecule has 0 radical (unpaired) electrons. The van der Waals surface area contributed by atoms with Crippen LogP contribution in [0.15, 0.2) is 30.3 Å². The summed E-state index contributed by atoms with van der Waals surface area (Å²) >= 11 is 0. The molecule has 0 bridgehead atoms. The maximum Gasteiger partial charge on any atom is 0.177 e. The Morgan fingerprint density at radius 3 is 2.00 bits per heavy atom. The molecule has 0 N–H and O–H groups in total. The smallest absolute Gasteiger partial charge is 0.177 e. The molecular weight excluding hydrogens is 239 g/mol. The maximum atomic E-state index is 6.45. The second kappa shape index (κ2) is 8.67. The van der Waals surface area contributed by atoms with Crippen LogP contribution in [-0.2, 0) is 4.52 Å². The van der Waals surface area contributed by atoms with E-state index in [1.54, 1.807) is 0 Å². The Morgan fingerprint density at radius 1 is 0.889 bits per heavy atom. The van der Waals surface area contributed by atoms with Gasteiger partial charge in [0.2, 0.25) is 0 Å². The van der Waals surface area contributed by atoms with E-state index in [0.717, 1.165) is 6.61 Å². The average molecular weight is 267 g/mol. The largest absolute Gasteiger partial charge is 0.233 e. The van der Waals surface area contributed by atoms with Crippen LogP contribution in [0, 0.1) is 0 Å². The molecule has 1 rings (SSSR count). The molecule has 0 spiro atoms. The van der Waals surface area contributed by atoms with Gasteiger partial charge in [-0.1, -0.05) is 45.4 Å². The molecule has 1 nitrogen and oxygen atoms in total. The molecule has 0 fully saturated rings. The third kappa shape index (κ3) is 4.37. The van der Waals surface area contributed by atoms with Crippen LogP contribution in [0.3, 0.4) is 0 Å². The Balaban J connectivity index is 2.89. The Hall–Kier alpha value is -0.390. The molecule has 0 saturated carbocycles. The first-order chi connectivity index (χ1) is 8.79. The van der Waals surface area contributed by atoms with Crippen LogP contribution in [0.4, 0.5) is 0 Å². The fraction of sp³-hybridized carbons (Fsp3) is 0.625. The lowest BCUT2D eigenvalue weighted by Crippen LogP contribution is -2.20. The quantitative estimate of drug-likeness (QED) is 0.457. The van der Waals surface area contributed by atoms with Gasteiger partial charge in [0.15, 0.2) is 7.49 Å². The van der Waals surface area contributed by atoms with E-state index in [-0.39, 0.29) is 0 Å². The number of unbranched alkanes of at least 4 members (excludes halogenated alkanes) is 1. The third-order valence-electron chi connectivity index (χ3n) is 3.23. The van der Waals surface area contributed by atoms with E-state index < -0.39 is 7.49 Å². The second-order valence-corrected chi connectivity index (χ2v) is 8.31. The van der Waals surface area contributed by atoms with E-state index in [4.69, 9.17) is 4.52 Å². The summed E-state index contributed by atoms with van der Waals surface area (Å²) in [6.07, 6.45) is 7.29. The zero-order valence-corrected chi connectivity index (χ0v) is 13.1. The lowest BCUT2D eigenvalue weighted by molar-refractivity contribution is 0.334. The highest BCUT2D eigenvalue weighted by molar-refractivity contribution is 7.78. The summed E-state index contributed by atoms with van der Waals surface area (Å²) in [6, 6.07) is 10.9. The summed E-state index contributed by atoms with van der Waals surface area (Å²) in [6.45, 7) is 7.71. The summed E-state index contributed by atoms with van der Waals surface area (Å²) in [7, 11) is -1.38. The van der Waals surface area contributed by atoms with E-state index >= 15 is 0 Å². The van der Waals surface area contributed by atoms with Crippen LogP contribution >= 0.6 is 7.49 Å². The molecule has 1 aromatic rings. The van der Waals surface area contributed by atoms with E-state index in [1.807, 2.05) is 0 Å². The highest BCUT2D eigenvalue weighted by Crippen LogP contribution is 2.59. The zero-order valence-electron chi connectivity index (χ0n) is 12.2. The van der Waals surface area contributed by atoms with Gasteiger partial charge in [0.1, 0.15) is 5.30 Å². The van der Waals surface area contributed by atoms with Gasteiger partial charge in [-0.2, -0.15) is 0 Å². The van der Waals surface area contributed by atoms with Gasteiger partial charge in [0.25, 0.3) is 0 Å². The maximum absolute atomic E-state index is 6.45. The molecule has 0 heterocycles. The molecular formula is C16H28OP+. The number of hydrogen-bond donors (Lipinski definition) is 0. The van der Waals surface area contributed by atoms with Crippen molar-refractivity contribution in [1.82, 2.24) is 0 Å². The summed E-state index contributed by atoms with van der Waals surface area (Å²) in [5.74, 6) is 0. The molecule has 0 aliphatic carbocycles. The van der Waals surface area contributed by atoms with Crippen molar-refractivity contribution < 1.29 is 4.52 Å². The van der Waals surface area contributed by atoms with Crippen molar-refractivity contribution in [2.75, 3.05) is 18.9 Å². The highest BCUT2D eigenvalue weighted by atomic mass is 31.2. The normalized spacial score (nSPS) is 11.7. The van der Waals surface area contributed by atoms with Crippen LogP contribution in [-0.4, -0.2) is 18.9 Å². The van der Waals surface area contributed by atoms with Gasteiger partial charge in [-0.15, -0.1) is 0 Å². The molecule has 0 amide bonds. The molecule has 0 saturated heterocycles. The van der Waals surface area contributed by atoms with Crippen LogP contribution < -0.4 is 5.30 Å². The molecule has 0 unspecified atom stereocenters. The monoisotopic (exact) mass is 267 g/mol. The lowest BCUT2D eigenvalue weighted by atomic mass is 10.4. The van der Waals surface area contributed by atoms with E-state index in [0.29, 0.717) is 0 Å². The summed E-state index contributed by atoms with van der Waals surface area (Å²) in [5.41, 5.74) is 0. The van der Waals surface area contributed by atoms with Crippen LogP contribution in [0.25, 0.3) is 0 Å².